The quantitative estimate of drug-likeness (QED) is 0.887. The van der Waals surface area contributed by atoms with Gasteiger partial charge in [0, 0.05) is 25.1 Å². The van der Waals surface area contributed by atoms with E-state index >= 15 is 0 Å². The first-order valence-corrected chi connectivity index (χ1v) is 8.77. The van der Waals surface area contributed by atoms with Gasteiger partial charge in [0.25, 0.3) is 0 Å². The molecule has 7 nitrogen and oxygen atoms in total. The van der Waals surface area contributed by atoms with E-state index in [1.165, 1.54) is 31.6 Å². The molecule has 2 rings (SSSR count). The lowest BCUT2D eigenvalue weighted by Crippen LogP contribution is -2.35. The molecule has 24 heavy (non-hydrogen) atoms. The third kappa shape index (κ3) is 3.95. The minimum absolute atomic E-state index is 0.0460. The lowest BCUT2D eigenvalue weighted by atomic mass is 10.1. The largest absolute Gasteiger partial charge is 0.323 e. The number of likely N-dealkylation sites (N-methyl/N-ethyl adjacent to an activating group) is 1. The molecule has 0 fully saturated rings. The van der Waals surface area contributed by atoms with Crippen LogP contribution in [0.25, 0.3) is 0 Å². The first-order valence-electron chi connectivity index (χ1n) is 7.33. The maximum absolute atomic E-state index is 12.4. The van der Waals surface area contributed by atoms with Crippen molar-refractivity contribution in [3.05, 3.63) is 47.5 Å². The lowest BCUT2D eigenvalue weighted by Gasteiger charge is -2.18. The lowest BCUT2D eigenvalue weighted by molar-refractivity contribution is -0.116. The zero-order valence-corrected chi connectivity index (χ0v) is 14.9. The van der Waals surface area contributed by atoms with Crippen molar-refractivity contribution in [2.75, 3.05) is 18.9 Å². The Balaban J connectivity index is 2.13. The molecule has 8 heteroatoms. The van der Waals surface area contributed by atoms with Crippen molar-refractivity contribution >= 4 is 21.6 Å². The van der Waals surface area contributed by atoms with Crippen LogP contribution < -0.4 is 5.32 Å². The molecule has 1 N–H and O–H groups in total. The van der Waals surface area contributed by atoms with Crippen LogP contribution in [0, 0.1) is 20.8 Å². The van der Waals surface area contributed by atoms with Crippen LogP contribution in [0.15, 0.2) is 35.5 Å². The second-order valence-electron chi connectivity index (χ2n) is 5.54. The van der Waals surface area contributed by atoms with Crippen LogP contribution in [0.3, 0.4) is 0 Å². The minimum atomic E-state index is -3.76. The first kappa shape index (κ1) is 18.0. The van der Waals surface area contributed by atoms with E-state index < -0.39 is 15.9 Å². The summed E-state index contributed by atoms with van der Waals surface area (Å²) in [6, 6.07) is 4.83. The van der Waals surface area contributed by atoms with Gasteiger partial charge in [0.1, 0.15) is 4.90 Å². The van der Waals surface area contributed by atoms with Gasteiger partial charge < -0.3 is 5.32 Å². The van der Waals surface area contributed by atoms with E-state index in [0.717, 1.165) is 15.6 Å². The number of carbonyl (C=O) groups is 1. The molecule has 0 unspecified atom stereocenters. The number of rotatable bonds is 5. The Bertz CT molecular complexity index is 828. The molecule has 0 aliphatic heterocycles. The number of amides is 1. The van der Waals surface area contributed by atoms with E-state index in [1.807, 2.05) is 19.9 Å². The maximum Gasteiger partial charge on any atom is 0.244 e. The molecule has 0 bridgehead atoms. The highest BCUT2D eigenvalue weighted by molar-refractivity contribution is 7.89. The summed E-state index contributed by atoms with van der Waals surface area (Å²) in [6.07, 6.45) is 2.74. The molecule has 0 spiro atoms. The number of sulfonamides is 1. The number of anilines is 1. The van der Waals surface area contributed by atoms with Gasteiger partial charge in [0.2, 0.25) is 15.9 Å². The smallest absolute Gasteiger partial charge is 0.244 e. The third-order valence-corrected chi connectivity index (χ3v) is 5.29. The summed E-state index contributed by atoms with van der Waals surface area (Å²) >= 11 is 0. The number of pyridine rings is 2. The summed E-state index contributed by atoms with van der Waals surface area (Å²) in [5.74, 6) is -0.429. The fourth-order valence-electron chi connectivity index (χ4n) is 2.36. The van der Waals surface area contributed by atoms with Gasteiger partial charge in [-0.1, -0.05) is 0 Å². The Morgan fingerprint density at radius 1 is 1.29 bits per heavy atom. The van der Waals surface area contributed by atoms with Gasteiger partial charge >= 0.3 is 0 Å². The SMILES string of the molecule is Cc1cc(C)c(NC(=O)CN(C)S(=O)(=O)c2cccnc2)c(C)n1. The Kier molecular flexibility index (Phi) is 5.30. The van der Waals surface area contributed by atoms with Crippen LogP contribution in [0.2, 0.25) is 0 Å². The van der Waals surface area contributed by atoms with Crippen molar-refractivity contribution in [2.24, 2.45) is 0 Å². The van der Waals surface area contributed by atoms with Gasteiger partial charge in [-0.3, -0.25) is 14.8 Å². The number of nitrogens with zero attached hydrogens (tertiary/aromatic N) is 3. The molecule has 0 aromatic carbocycles. The normalized spacial score (nSPS) is 11.5. The maximum atomic E-state index is 12.4. The van der Waals surface area contributed by atoms with E-state index in [2.05, 4.69) is 15.3 Å². The second-order valence-corrected chi connectivity index (χ2v) is 7.58. The molecular weight excluding hydrogens is 328 g/mol. The van der Waals surface area contributed by atoms with Crippen LogP contribution in [-0.2, 0) is 14.8 Å². The zero-order valence-electron chi connectivity index (χ0n) is 14.1. The summed E-state index contributed by atoms with van der Waals surface area (Å²) in [4.78, 5) is 20.4. The van der Waals surface area contributed by atoms with Gasteiger partial charge in [0.05, 0.1) is 17.9 Å². The number of aromatic nitrogens is 2. The first-order chi connectivity index (χ1) is 11.2. The molecule has 0 saturated carbocycles. The van der Waals surface area contributed by atoms with Gasteiger partial charge in [-0.25, -0.2) is 8.42 Å². The Morgan fingerprint density at radius 2 is 2.00 bits per heavy atom. The minimum Gasteiger partial charge on any atom is -0.323 e. The van der Waals surface area contributed by atoms with Crippen LogP contribution >= 0.6 is 0 Å². The number of aryl methyl sites for hydroxylation is 3. The molecule has 0 aliphatic carbocycles. The van der Waals surface area contributed by atoms with E-state index in [0.29, 0.717) is 11.4 Å². The van der Waals surface area contributed by atoms with Gasteiger partial charge in [0.15, 0.2) is 0 Å². The average Bonchev–Trinajstić information content (AvgIpc) is 2.51. The highest BCUT2D eigenvalue weighted by Gasteiger charge is 2.23. The highest BCUT2D eigenvalue weighted by atomic mass is 32.2. The number of nitrogens with one attached hydrogen (secondary N) is 1. The summed E-state index contributed by atoms with van der Waals surface area (Å²) in [7, 11) is -2.40. The van der Waals surface area contributed by atoms with Crippen molar-refractivity contribution in [3.8, 4) is 0 Å². The Hall–Kier alpha value is -2.32. The van der Waals surface area contributed by atoms with Crippen LogP contribution in [0.1, 0.15) is 17.0 Å². The van der Waals surface area contributed by atoms with E-state index in [-0.39, 0.29) is 11.4 Å². The second kappa shape index (κ2) is 7.06. The number of carbonyl (C=O) groups excluding carboxylic acids is 1. The van der Waals surface area contributed by atoms with Crippen molar-refractivity contribution in [1.29, 1.82) is 0 Å². The van der Waals surface area contributed by atoms with Crippen molar-refractivity contribution < 1.29 is 13.2 Å². The summed E-state index contributed by atoms with van der Waals surface area (Å²) in [5, 5.41) is 2.74. The fourth-order valence-corrected chi connectivity index (χ4v) is 3.45. The van der Waals surface area contributed by atoms with Gasteiger partial charge in [-0.15, -0.1) is 0 Å². The van der Waals surface area contributed by atoms with E-state index in [1.54, 1.807) is 6.92 Å². The van der Waals surface area contributed by atoms with Crippen LogP contribution in [0.5, 0.6) is 0 Å². The monoisotopic (exact) mass is 348 g/mol. The van der Waals surface area contributed by atoms with Crippen molar-refractivity contribution in [1.82, 2.24) is 14.3 Å². The number of hydrogen-bond acceptors (Lipinski definition) is 5. The predicted molar refractivity (Wildman–Crippen MR) is 91.1 cm³/mol. The van der Waals surface area contributed by atoms with Crippen LogP contribution in [-0.4, -0.2) is 42.2 Å². The molecule has 2 aromatic rings. The topological polar surface area (TPSA) is 92.3 Å². The molecule has 2 aromatic heterocycles. The number of hydrogen-bond donors (Lipinski definition) is 1. The molecular formula is C16H20N4O3S. The molecule has 0 aliphatic rings. The zero-order chi connectivity index (χ0) is 17.9. The van der Waals surface area contributed by atoms with Gasteiger partial charge in [-0.05, 0) is 44.5 Å². The summed E-state index contributed by atoms with van der Waals surface area (Å²) in [5.41, 5.74) is 3.04. The standard InChI is InChI=1S/C16H20N4O3S/c1-11-8-12(2)18-13(3)16(11)19-15(21)10-20(4)24(22,23)14-6-5-7-17-9-14/h5-9H,10H2,1-4H3,(H,19,21). The molecule has 128 valence electrons. The molecule has 0 atom stereocenters. The highest BCUT2D eigenvalue weighted by Crippen LogP contribution is 2.19. The summed E-state index contributed by atoms with van der Waals surface area (Å²) in [6.45, 7) is 5.24. The van der Waals surface area contributed by atoms with Crippen molar-refractivity contribution in [2.45, 2.75) is 25.7 Å². The molecule has 1 amide bonds. The van der Waals surface area contributed by atoms with Crippen molar-refractivity contribution in [3.63, 3.8) is 0 Å². The Labute approximate surface area is 141 Å². The molecule has 0 saturated heterocycles. The molecule has 2 heterocycles. The fraction of sp³-hybridized carbons (Fsp3) is 0.312. The van der Waals surface area contributed by atoms with E-state index in [9.17, 15) is 13.2 Å². The van der Waals surface area contributed by atoms with Gasteiger partial charge in [-0.2, -0.15) is 4.31 Å². The predicted octanol–water partition coefficient (Wildman–Crippen LogP) is 1.66. The third-order valence-electron chi connectivity index (χ3n) is 3.50. The molecule has 0 radical (unpaired) electrons. The average molecular weight is 348 g/mol. The van der Waals surface area contributed by atoms with E-state index in [4.69, 9.17) is 0 Å². The summed E-state index contributed by atoms with van der Waals surface area (Å²) < 4.78 is 25.8. The Morgan fingerprint density at radius 3 is 2.58 bits per heavy atom. The van der Waals surface area contributed by atoms with Crippen LogP contribution in [0.4, 0.5) is 5.69 Å².